The molecule has 1 heterocycles. The maximum absolute atomic E-state index is 12.5. The molecule has 0 radical (unpaired) electrons. The van der Waals surface area contributed by atoms with Crippen LogP contribution in [-0.2, 0) is 10.0 Å². The summed E-state index contributed by atoms with van der Waals surface area (Å²) in [5.41, 5.74) is 0.416. The maximum atomic E-state index is 12.5. The maximum Gasteiger partial charge on any atom is 0.254 e. The van der Waals surface area contributed by atoms with Crippen molar-refractivity contribution in [1.82, 2.24) is 9.29 Å². The quantitative estimate of drug-likeness (QED) is 0.870. The molecule has 0 aliphatic rings. The summed E-state index contributed by atoms with van der Waals surface area (Å²) in [6.45, 7) is 5.46. The van der Waals surface area contributed by atoms with E-state index in [4.69, 9.17) is 16.7 Å². The van der Waals surface area contributed by atoms with Gasteiger partial charge in [-0.25, -0.2) is 13.4 Å². The third-order valence-corrected chi connectivity index (χ3v) is 6.31. The fourth-order valence-corrected chi connectivity index (χ4v) is 5.11. The van der Waals surface area contributed by atoms with E-state index in [-0.39, 0.29) is 27.9 Å². The monoisotopic (exact) mass is 312 g/mol. The number of aliphatic hydroxyl groups is 1. The number of hydrogen-bond donors (Lipinski definition) is 1. The standard InChI is InChI=1S/C10H17ClN2O3S2/c1-7(2)13(5-4-6-14)18(15,16)9-8(3)12-10(11)17-9/h7,14H,4-6H2,1-3H3. The molecule has 0 fully saturated rings. The van der Waals surface area contributed by atoms with Crippen molar-refractivity contribution in [3.8, 4) is 0 Å². The molecule has 0 amide bonds. The van der Waals surface area contributed by atoms with E-state index >= 15 is 0 Å². The topological polar surface area (TPSA) is 70.5 Å². The van der Waals surface area contributed by atoms with Crippen LogP contribution in [0.2, 0.25) is 4.47 Å². The van der Waals surface area contributed by atoms with Crippen LogP contribution in [0.3, 0.4) is 0 Å². The number of halogens is 1. The highest BCUT2D eigenvalue weighted by Crippen LogP contribution is 2.30. The summed E-state index contributed by atoms with van der Waals surface area (Å²) >= 11 is 6.71. The van der Waals surface area contributed by atoms with Crippen molar-refractivity contribution in [2.75, 3.05) is 13.2 Å². The normalized spacial score (nSPS) is 12.6. The molecule has 0 aromatic carbocycles. The van der Waals surface area contributed by atoms with E-state index in [0.717, 1.165) is 11.3 Å². The van der Waals surface area contributed by atoms with Gasteiger partial charge in [0.15, 0.2) is 8.68 Å². The van der Waals surface area contributed by atoms with Crippen molar-refractivity contribution in [2.24, 2.45) is 0 Å². The molecule has 0 bridgehead atoms. The Balaban J connectivity index is 3.13. The Morgan fingerprint density at radius 1 is 1.50 bits per heavy atom. The number of aliphatic hydroxyl groups excluding tert-OH is 1. The van der Waals surface area contributed by atoms with E-state index in [2.05, 4.69) is 4.98 Å². The highest BCUT2D eigenvalue weighted by molar-refractivity contribution is 7.91. The smallest absolute Gasteiger partial charge is 0.254 e. The van der Waals surface area contributed by atoms with E-state index < -0.39 is 10.0 Å². The van der Waals surface area contributed by atoms with Crippen molar-refractivity contribution in [3.63, 3.8) is 0 Å². The third-order valence-electron chi connectivity index (χ3n) is 2.38. The van der Waals surface area contributed by atoms with Gasteiger partial charge in [0, 0.05) is 19.2 Å². The molecule has 18 heavy (non-hydrogen) atoms. The SMILES string of the molecule is Cc1nc(Cl)sc1S(=O)(=O)N(CCCO)C(C)C. The van der Waals surface area contributed by atoms with Crippen LogP contribution >= 0.6 is 22.9 Å². The summed E-state index contributed by atoms with van der Waals surface area (Å²) in [6, 6.07) is -0.179. The number of aryl methyl sites for hydroxylation is 1. The Morgan fingerprint density at radius 2 is 2.11 bits per heavy atom. The minimum atomic E-state index is -3.59. The average Bonchev–Trinajstić information content (AvgIpc) is 2.58. The lowest BCUT2D eigenvalue weighted by Crippen LogP contribution is -2.37. The van der Waals surface area contributed by atoms with E-state index in [9.17, 15) is 8.42 Å². The molecular formula is C10H17ClN2O3S2. The number of rotatable bonds is 6. The van der Waals surface area contributed by atoms with Crippen molar-refractivity contribution in [2.45, 2.75) is 37.4 Å². The summed E-state index contributed by atoms with van der Waals surface area (Å²) in [4.78, 5) is 3.93. The molecule has 104 valence electrons. The molecule has 0 atom stereocenters. The second-order valence-electron chi connectivity index (χ2n) is 4.13. The molecule has 8 heteroatoms. The zero-order valence-corrected chi connectivity index (χ0v) is 12.9. The first kappa shape index (κ1) is 15.8. The first-order chi connectivity index (χ1) is 8.30. The zero-order chi connectivity index (χ0) is 13.9. The van der Waals surface area contributed by atoms with Crippen LogP contribution in [0.15, 0.2) is 4.21 Å². The first-order valence-electron chi connectivity index (χ1n) is 5.56. The minimum Gasteiger partial charge on any atom is -0.396 e. The van der Waals surface area contributed by atoms with Crippen LogP contribution in [0.1, 0.15) is 26.0 Å². The Labute approximate surface area is 116 Å². The molecule has 0 unspecified atom stereocenters. The second kappa shape index (κ2) is 6.29. The first-order valence-corrected chi connectivity index (χ1v) is 8.19. The van der Waals surface area contributed by atoms with Gasteiger partial charge in [-0.2, -0.15) is 4.31 Å². The predicted octanol–water partition coefficient (Wildman–Crippen LogP) is 1.89. The second-order valence-corrected chi connectivity index (χ2v) is 7.79. The molecular weight excluding hydrogens is 296 g/mol. The highest BCUT2D eigenvalue weighted by Gasteiger charge is 2.30. The average molecular weight is 313 g/mol. The van der Waals surface area contributed by atoms with Gasteiger partial charge in [0.25, 0.3) is 10.0 Å². The van der Waals surface area contributed by atoms with E-state index in [1.165, 1.54) is 4.31 Å². The Morgan fingerprint density at radius 3 is 2.50 bits per heavy atom. The largest absolute Gasteiger partial charge is 0.396 e. The molecule has 0 aliphatic heterocycles. The van der Waals surface area contributed by atoms with Gasteiger partial charge in [-0.05, 0) is 27.2 Å². The van der Waals surface area contributed by atoms with Gasteiger partial charge < -0.3 is 5.11 Å². The number of sulfonamides is 1. The van der Waals surface area contributed by atoms with Gasteiger partial charge in [0.1, 0.15) is 0 Å². The zero-order valence-electron chi connectivity index (χ0n) is 10.6. The van der Waals surface area contributed by atoms with Gasteiger partial charge in [-0.15, -0.1) is 0 Å². The Kier molecular flexibility index (Phi) is 5.54. The lowest BCUT2D eigenvalue weighted by molar-refractivity contribution is 0.258. The van der Waals surface area contributed by atoms with Crippen LogP contribution < -0.4 is 0 Å². The van der Waals surface area contributed by atoms with Crippen LogP contribution in [-0.4, -0.2) is 42.0 Å². The van der Waals surface area contributed by atoms with Gasteiger partial charge in [0.05, 0.1) is 5.69 Å². The van der Waals surface area contributed by atoms with Crippen LogP contribution in [0, 0.1) is 6.92 Å². The summed E-state index contributed by atoms with van der Waals surface area (Å²) in [5.74, 6) is 0. The van der Waals surface area contributed by atoms with Gasteiger partial charge in [-0.1, -0.05) is 22.9 Å². The van der Waals surface area contributed by atoms with Crippen LogP contribution in [0.4, 0.5) is 0 Å². The predicted molar refractivity (Wildman–Crippen MR) is 72.6 cm³/mol. The summed E-state index contributed by atoms with van der Waals surface area (Å²) < 4.78 is 26.7. The molecule has 0 spiro atoms. The van der Waals surface area contributed by atoms with Crippen LogP contribution in [0.5, 0.6) is 0 Å². The third kappa shape index (κ3) is 3.42. The fourth-order valence-electron chi connectivity index (χ4n) is 1.58. The lowest BCUT2D eigenvalue weighted by atomic mass is 10.3. The van der Waals surface area contributed by atoms with Crippen molar-refractivity contribution < 1.29 is 13.5 Å². The molecule has 1 aromatic rings. The molecule has 0 saturated carbocycles. The Bertz CT molecular complexity index is 499. The summed E-state index contributed by atoms with van der Waals surface area (Å²) in [7, 11) is -3.59. The van der Waals surface area contributed by atoms with Gasteiger partial charge in [0.2, 0.25) is 0 Å². The molecule has 0 aliphatic carbocycles. The lowest BCUT2D eigenvalue weighted by Gasteiger charge is -2.25. The van der Waals surface area contributed by atoms with E-state index in [0.29, 0.717) is 12.1 Å². The van der Waals surface area contributed by atoms with E-state index in [1.807, 2.05) is 0 Å². The summed E-state index contributed by atoms with van der Waals surface area (Å²) in [5, 5.41) is 8.84. The molecule has 1 rings (SSSR count). The Hall–Kier alpha value is -0.210. The van der Waals surface area contributed by atoms with Crippen molar-refractivity contribution >= 4 is 33.0 Å². The highest BCUT2D eigenvalue weighted by atomic mass is 35.5. The fraction of sp³-hybridized carbons (Fsp3) is 0.700. The van der Waals surface area contributed by atoms with Gasteiger partial charge in [-0.3, -0.25) is 0 Å². The minimum absolute atomic E-state index is 0.0405. The number of nitrogens with zero attached hydrogens (tertiary/aromatic N) is 2. The summed E-state index contributed by atoms with van der Waals surface area (Å²) in [6.07, 6.45) is 0.406. The molecule has 5 nitrogen and oxygen atoms in total. The molecule has 1 aromatic heterocycles. The number of aromatic nitrogens is 1. The number of hydrogen-bond acceptors (Lipinski definition) is 5. The van der Waals surface area contributed by atoms with Crippen LogP contribution in [0.25, 0.3) is 0 Å². The number of thiazole rings is 1. The van der Waals surface area contributed by atoms with E-state index in [1.54, 1.807) is 20.8 Å². The van der Waals surface area contributed by atoms with Crippen molar-refractivity contribution in [1.29, 1.82) is 0 Å². The molecule has 1 N–H and O–H groups in total. The van der Waals surface area contributed by atoms with Gasteiger partial charge >= 0.3 is 0 Å². The van der Waals surface area contributed by atoms with Crippen molar-refractivity contribution in [3.05, 3.63) is 10.2 Å². The molecule has 0 saturated heterocycles.